The molecular formula is C10H10ClFO3. The molecule has 0 aliphatic carbocycles. The number of carbonyl (C=O) groups is 1. The van der Waals surface area contributed by atoms with Gasteiger partial charge in [0.05, 0.1) is 19.6 Å². The molecule has 0 aliphatic heterocycles. The van der Waals surface area contributed by atoms with E-state index in [0.717, 1.165) is 12.1 Å². The Hall–Kier alpha value is -1.13. The summed E-state index contributed by atoms with van der Waals surface area (Å²) in [7, 11) is 1.22. The number of esters is 1. The first-order valence-corrected chi connectivity index (χ1v) is 4.61. The van der Waals surface area contributed by atoms with E-state index in [9.17, 15) is 14.3 Å². The van der Waals surface area contributed by atoms with Crippen molar-refractivity contribution >= 4 is 17.6 Å². The van der Waals surface area contributed by atoms with Crippen LogP contribution in [0.15, 0.2) is 18.2 Å². The molecule has 0 fully saturated rings. The van der Waals surface area contributed by atoms with Crippen molar-refractivity contribution < 1.29 is 19.0 Å². The SMILES string of the molecule is COC(=O)C[C@@H](O)c1cc(F)cc(Cl)c1. The molecule has 0 saturated carbocycles. The topological polar surface area (TPSA) is 46.5 Å². The van der Waals surface area contributed by atoms with Crippen LogP contribution in [0, 0.1) is 5.82 Å². The maximum absolute atomic E-state index is 12.9. The fourth-order valence-corrected chi connectivity index (χ4v) is 1.36. The van der Waals surface area contributed by atoms with Gasteiger partial charge in [0.25, 0.3) is 0 Å². The average Bonchev–Trinajstić information content (AvgIpc) is 2.16. The summed E-state index contributed by atoms with van der Waals surface area (Å²) in [6.07, 6.45) is -1.33. The number of ether oxygens (including phenoxy) is 1. The van der Waals surface area contributed by atoms with Gasteiger partial charge >= 0.3 is 5.97 Å². The van der Waals surface area contributed by atoms with Crippen molar-refractivity contribution in [3.8, 4) is 0 Å². The molecule has 1 aromatic carbocycles. The van der Waals surface area contributed by atoms with Gasteiger partial charge in [-0.1, -0.05) is 11.6 Å². The second-order valence-electron chi connectivity index (χ2n) is 3.00. The van der Waals surface area contributed by atoms with Crippen LogP contribution in [0.4, 0.5) is 4.39 Å². The molecule has 3 nitrogen and oxygen atoms in total. The predicted molar refractivity (Wildman–Crippen MR) is 53.0 cm³/mol. The molecule has 1 aromatic rings. The summed E-state index contributed by atoms with van der Waals surface area (Å²) in [6.45, 7) is 0. The van der Waals surface area contributed by atoms with Crippen molar-refractivity contribution in [2.45, 2.75) is 12.5 Å². The van der Waals surface area contributed by atoms with Crippen LogP contribution < -0.4 is 0 Å². The predicted octanol–water partition coefficient (Wildman–Crippen LogP) is 2.08. The molecule has 0 aromatic heterocycles. The Morgan fingerprint density at radius 2 is 2.27 bits per heavy atom. The monoisotopic (exact) mass is 232 g/mol. The van der Waals surface area contributed by atoms with Gasteiger partial charge in [0, 0.05) is 5.02 Å². The van der Waals surface area contributed by atoms with Crippen molar-refractivity contribution in [1.29, 1.82) is 0 Å². The van der Waals surface area contributed by atoms with Crippen LogP contribution in [0.25, 0.3) is 0 Å². The van der Waals surface area contributed by atoms with Crippen molar-refractivity contribution in [3.63, 3.8) is 0 Å². The second kappa shape index (κ2) is 5.09. The molecular weight excluding hydrogens is 223 g/mol. The number of rotatable bonds is 3. The quantitative estimate of drug-likeness (QED) is 0.812. The van der Waals surface area contributed by atoms with Crippen LogP contribution >= 0.6 is 11.6 Å². The van der Waals surface area contributed by atoms with E-state index < -0.39 is 17.9 Å². The molecule has 5 heteroatoms. The Morgan fingerprint density at radius 3 is 2.80 bits per heavy atom. The van der Waals surface area contributed by atoms with E-state index in [4.69, 9.17) is 11.6 Å². The number of carbonyl (C=O) groups excluding carboxylic acids is 1. The van der Waals surface area contributed by atoms with Gasteiger partial charge in [-0.15, -0.1) is 0 Å². The maximum Gasteiger partial charge on any atom is 0.308 e. The molecule has 1 rings (SSSR count). The van der Waals surface area contributed by atoms with Crippen LogP contribution in [-0.2, 0) is 9.53 Å². The number of aliphatic hydroxyl groups is 1. The third-order valence-electron chi connectivity index (χ3n) is 1.86. The minimum absolute atomic E-state index is 0.175. The summed E-state index contributed by atoms with van der Waals surface area (Å²) in [5.41, 5.74) is 0.255. The highest BCUT2D eigenvalue weighted by Crippen LogP contribution is 2.22. The normalized spacial score (nSPS) is 12.3. The summed E-state index contributed by atoms with van der Waals surface area (Å²) in [5, 5.41) is 9.72. The first kappa shape index (κ1) is 11.9. The zero-order valence-electron chi connectivity index (χ0n) is 8.04. The third kappa shape index (κ3) is 3.49. The number of benzene rings is 1. The Balaban J connectivity index is 2.81. The molecule has 1 atom stereocenters. The summed E-state index contributed by atoms with van der Waals surface area (Å²) in [6, 6.07) is 3.65. The first-order valence-electron chi connectivity index (χ1n) is 4.24. The first-order chi connectivity index (χ1) is 7.02. The van der Waals surface area contributed by atoms with E-state index in [1.807, 2.05) is 0 Å². The average molecular weight is 233 g/mol. The molecule has 0 radical (unpaired) electrons. The van der Waals surface area contributed by atoms with Gasteiger partial charge in [-0.25, -0.2) is 4.39 Å². The maximum atomic E-state index is 12.9. The van der Waals surface area contributed by atoms with E-state index in [2.05, 4.69) is 4.74 Å². The molecule has 0 heterocycles. The largest absolute Gasteiger partial charge is 0.469 e. The summed E-state index contributed by atoms with van der Waals surface area (Å²) in [4.78, 5) is 10.9. The van der Waals surface area contributed by atoms with Crippen molar-refractivity contribution in [2.75, 3.05) is 7.11 Å². The number of hydrogen-bond donors (Lipinski definition) is 1. The molecule has 1 N–H and O–H groups in total. The Bertz CT molecular complexity index is 347. The lowest BCUT2D eigenvalue weighted by Crippen LogP contribution is -2.08. The van der Waals surface area contributed by atoms with Gasteiger partial charge in [-0.2, -0.15) is 0 Å². The fraction of sp³-hybridized carbons (Fsp3) is 0.300. The highest BCUT2D eigenvalue weighted by atomic mass is 35.5. The molecule has 0 amide bonds. The highest BCUT2D eigenvalue weighted by molar-refractivity contribution is 6.30. The molecule has 0 aliphatic rings. The van der Waals surface area contributed by atoms with Crippen LogP contribution in [0.5, 0.6) is 0 Å². The van der Waals surface area contributed by atoms with Crippen LogP contribution in [0.3, 0.4) is 0 Å². The molecule has 0 unspecified atom stereocenters. The van der Waals surface area contributed by atoms with Crippen molar-refractivity contribution in [2.24, 2.45) is 0 Å². The molecule has 0 spiro atoms. The van der Waals surface area contributed by atoms with E-state index in [-0.39, 0.29) is 17.0 Å². The van der Waals surface area contributed by atoms with Crippen LogP contribution in [0.2, 0.25) is 5.02 Å². The van der Waals surface area contributed by atoms with E-state index >= 15 is 0 Å². The molecule has 82 valence electrons. The lowest BCUT2D eigenvalue weighted by Gasteiger charge is -2.09. The Labute approximate surface area is 91.4 Å². The zero-order chi connectivity index (χ0) is 11.4. The minimum Gasteiger partial charge on any atom is -0.469 e. The minimum atomic E-state index is -1.11. The second-order valence-corrected chi connectivity index (χ2v) is 3.44. The number of hydrogen-bond acceptors (Lipinski definition) is 3. The van der Waals surface area contributed by atoms with E-state index in [1.165, 1.54) is 13.2 Å². The zero-order valence-corrected chi connectivity index (χ0v) is 8.79. The fourth-order valence-electron chi connectivity index (χ4n) is 1.13. The Kier molecular flexibility index (Phi) is 4.05. The lowest BCUT2D eigenvalue weighted by molar-refractivity contribution is -0.142. The van der Waals surface area contributed by atoms with Crippen LogP contribution in [-0.4, -0.2) is 18.2 Å². The van der Waals surface area contributed by atoms with E-state index in [0.29, 0.717) is 0 Å². The van der Waals surface area contributed by atoms with Gasteiger partial charge in [0.1, 0.15) is 5.82 Å². The van der Waals surface area contributed by atoms with Gasteiger partial charge in [0.2, 0.25) is 0 Å². The smallest absolute Gasteiger partial charge is 0.308 e. The number of methoxy groups -OCH3 is 1. The standard InChI is InChI=1S/C10H10ClFO3/c1-15-10(14)5-9(13)6-2-7(11)4-8(12)3-6/h2-4,9,13H,5H2,1H3/t9-/m1/s1. The number of aliphatic hydroxyl groups excluding tert-OH is 1. The van der Waals surface area contributed by atoms with Gasteiger partial charge < -0.3 is 9.84 Å². The molecule has 0 saturated heterocycles. The highest BCUT2D eigenvalue weighted by Gasteiger charge is 2.14. The number of halogens is 2. The van der Waals surface area contributed by atoms with Gasteiger partial charge in [-0.3, -0.25) is 4.79 Å². The summed E-state index contributed by atoms with van der Waals surface area (Å²) in [5.74, 6) is -1.12. The summed E-state index contributed by atoms with van der Waals surface area (Å²) >= 11 is 5.60. The third-order valence-corrected chi connectivity index (χ3v) is 2.08. The van der Waals surface area contributed by atoms with Gasteiger partial charge in [0.15, 0.2) is 0 Å². The molecule has 0 bridgehead atoms. The van der Waals surface area contributed by atoms with Gasteiger partial charge in [-0.05, 0) is 23.8 Å². The van der Waals surface area contributed by atoms with E-state index in [1.54, 1.807) is 0 Å². The lowest BCUT2D eigenvalue weighted by atomic mass is 10.1. The Morgan fingerprint density at radius 1 is 1.60 bits per heavy atom. The van der Waals surface area contributed by atoms with Crippen molar-refractivity contribution in [3.05, 3.63) is 34.6 Å². The molecule has 15 heavy (non-hydrogen) atoms. The van der Waals surface area contributed by atoms with Crippen LogP contribution in [0.1, 0.15) is 18.1 Å². The summed E-state index contributed by atoms with van der Waals surface area (Å²) < 4.78 is 17.3. The van der Waals surface area contributed by atoms with Crippen molar-refractivity contribution in [1.82, 2.24) is 0 Å².